The summed E-state index contributed by atoms with van der Waals surface area (Å²) in [4.78, 5) is 24.6. The van der Waals surface area contributed by atoms with E-state index in [0.717, 1.165) is 12.1 Å². The molecule has 0 radical (unpaired) electrons. The Balaban J connectivity index is 2.04. The zero-order chi connectivity index (χ0) is 23.1. The van der Waals surface area contributed by atoms with Crippen molar-refractivity contribution in [3.63, 3.8) is 0 Å². The van der Waals surface area contributed by atoms with Crippen molar-refractivity contribution < 1.29 is 32.3 Å². The third-order valence-electron chi connectivity index (χ3n) is 5.58. The van der Waals surface area contributed by atoms with Crippen molar-refractivity contribution in [2.75, 3.05) is 18.4 Å². The van der Waals surface area contributed by atoms with Crippen molar-refractivity contribution >= 4 is 46.0 Å². The fourth-order valence-corrected chi connectivity index (χ4v) is 4.24. The zero-order valence-corrected chi connectivity index (χ0v) is 19.3. The number of halogens is 4. The molecule has 1 heterocycles. The molecule has 31 heavy (non-hydrogen) atoms. The second kappa shape index (κ2) is 8.30. The maximum absolute atomic E-state index is 14.8. The van der Waals surface area contributed by atoms with Crippen LogP contribution < -0.4 is 10.6 Å². The highest BCUT2D eigenvalue weighted by atomic mass is 127. The minimum atomic E-state index is -1.29. The monoisotopic (exact) mass is 548 g/mol. The first-order valence-corrected chi connectivity index (χ1v) is 10.6. The van der Waals surface area contributed by atoms with Crippen molar-refractivity contribution in [2.24, 2.45) is 0 Å². The van der Waals surface area contributed by atoms with Crippen molar-refractivity contribution in [2.45, 2.75) is 32.4 Å². The SMILES string of the molecule is CC(C)(C)[N+]1(C(=O)c2ccc(F)c(F)c2Nc2ccc(I)cc2F)CC(NC(=O)O)C1. The quantitative estimate of drug-likeness (QED) is 0.377. The molecule has 1 aliphatic heterocycles. The number of quaternary nitrogens is 1. The first-order chi connectivity index (χ1) is 14.4. The van der Waals surface area contributed by atoms with Crippen LogP contribution in [0, 0.1) is 21.0 Å². The van der Waals surface area contributed by atoms with Crippen molar-refractivity contribution in [1.82, 2.24) is 5.32 Å². The third-order valence-corrected chi connectivity index (χ3v) is 6.25. The summed E-state index contributed by atoms with van der Waals surface area (Å²) in [5, 5.41) is 13.8. The number of anilines is 2. The van der Waals surface area contributed by atoms with E-state index < -0.39 is 46.7 Å². The molecule has 2 amide bonds. The number of nitrogens with one attached hydrogen (secondary N) is 2. The molecule has 0 aromatic heterocycles. The van der Waals surface area contributed by atoms with Crippen molar-refractivity contribution in [3.05, 3.63) is 56.9 Å². The molecule has 1 fully saturated rings. The van der Waals surface area contributed by atoms with Crippen LogP contribution in [0.3, 0.4) is 0 Å². The van der Waals surface area contributed by atoms with Gasteiger partial charge in [-0.15, -0.1) is 0 Å². The standard InChI is InChI=1S/C21H21F3IN3O3/c1-21(2,3)28(9-12(10-28)26-20(30)31)19(29)13-5-6-14(22)17(24)18(13)27-16-7-4-11(25)8-15(16)23/h4-8,12,26H,9-10H2,1-3H3,(H-,27,29,30,31)/p+1. The van der Waals surface area contributed by atoms with Crippen LogP contribution in [0.15, 0.2) is 30.3 Å². The van der Waals surface area contributed by atoms with Crippen LogP contribution in [0.2, 0.25) is 0 Å². The van der Waals surface area contributed by atoms with Gasteiger partial charge in [0, 0.05) is 3.57 Å². The van der Waals surface area contributed by atoms with E-state index in [1.54, 1.807) is 6.07 Å². The van der Waals surface area contributed by atoms with Crippen LogP contribution in [0.25, 0.3) is 0 Å². The van der Waals surface area contributed by atoms with Crippen LogP contribution in [-0.2, 0) is 0 Å². The molecule has 3 N–H and O–H groups in total. The summed E-state index contributed by atoms with van der Waals surface area (Å²) in [7, 11) is 0. The molecule has 0 aliphatic carbocycles. The minimum absolute atomic E-state index is 0.102. The number of benzene rings is 2. The Kier molecular flexibility index (Phi) is 6.25. The number of nitrogens with zero attached hydrogens (tertiary/aromatic N) is 1. The number of hydrogen-bond donors (Lipinski definition) is 3. The fourth-order valence-electron chi connectivity index (χ4n) is 3.79. The molecule has 1 saturated heterocycles. The van der Waals surface area contributed by atoms with Crippen LogP contribution >= 0.6 is 22.6 Å². The number of hydrogen-bond acceptors (Lipinski definition) is 3. The van der Waals surface area contributed by atoms with Gasteiger partial charge < -0.3 is 15.7 Å². The lowest BCUT2D eigenvalue weighted by molar-refractivity contribution is -0.934. The smallest absolute Gasteiger partial charge is 0.405 e. The maximum Gasteiger partial charge on any atom is 0.405 e. The van der Waals surface area contributed by atoms with E-state index in [1.165, 1.54) is 12.1 Å². The zero-order valence-electron chi connectivity index (χ0n) is 17.1. The summed E-state index contributed by atoms with van der Waals surface area (Å²) in [5.41, 5.74) is -1.35. The predicted molar refractivity (Wildman–Crippen MR) is 118 cm³/mol. The molecule has 10 heteroatoms. The Labute approximate surface area is 191 Å². The molecule has 2 aromatic carbocycles. The molecule has 3 rings (SSSR count). The van der Waals surface area contributed by atoms with Gasteiger partial charge in [0.1, 0.15) is 30.5 Å². The van der Waals surface area contributed by atoms with Gasteiger partial charge in [0.2, 0.25) is 0 Å². The lowest BCUT2D eigenvalue weighted by Crippen LogP contribution is -2.79. The van der Waals surface area contributed by atoms with Crippen molar-refractivity contribution in [1.29, 1.82) is 0 Å². The Morgan fingerprint density at radius 2 is 1.74 bits per heavy atom. The van der Waals surface area contributed by atoms with E-state index in [0.29, 0.717) is 3.57 Å². The predicted octanol–water partition coefficient (Wildman–Crippen LogP) is 4.86. The van der Waals surface area contributed by atoms with Gasteiger partial charge in [0.05, 0.1) is 16.9 Å². The molecule has 6 nitrogen and oxygen atoms in total. The molecule has 0 spiro atoms. The number of carboxylic acid groups (broad SMARTS) is 1. The molecule has 0 saturated carbocycles. The lowest BCUT2D eigenvalue weighted by Gasteiger charge is -2.55. The number of carbonyl (C=O) groups is 2. The van der Waals surface area contributed by atoms with Gasteiger partial charge in [-0.2, -0.15) is 0 Å². The summed E-state index contributed by atoms with van der Waals surface area (Å²) in [6.07, 6.45) is -1.20. The van der Waals surface area contributed by atoms with Gasteiger partial charge in [-0.25, -0.2) is 27.2 Å². The Morgan fingerprint density at radius 3 is 2.29 bits per heavy atom. The van der Waals surface area contributed by atoms with Gasteiger partial charge in [0.25, 0.3) is 0 Å². The summed E-state index contributed by atoms with van der Waals surface area (Å²) < 4.78 is 43.6. The highest BCUT2D eigenvalue weighted by Gasteiger charge is 2.58. The summed E-state index contributed by atoms with van der Waals surface area (Å²) in [5.74, 6) is -3.66. The first kappa shape index (κ1) is 23.3. The summed E-state index contributed by atoms with van der Waals surface area (Å²) >= 11 is 1.92. The maximum atomic E-state index is 14.8. The molecule has 0 atom stereocenters. The van der Waals surface area contributed by atoms with Crippen LogP contribution in [0.4, 0.5) is 29.3 Å². The van der Waals surface area contributed by atoms with E-state index in [9.17, 15) is 22.8 Å². The fraction of sp³-hybridized carbons (Fsp3) is 0.333. The number of amides is 2. The normalized spacial score (nSPS) is 20.7. The van der Waals surface area contributed by atoms with Crippen LogP contribution in [0.1, 0.15) is 31.1 Å². The van der Waals surface area contributed by atoms with Crippen molar-refractivity contribution in [3.8, 4) is 0 Å². The van der Waals surface area contributed by atoms with Gasteiger partial charge in [0.15, 0.2) is 11.6 Å². The number of rotatable bonds is 4. The molecule has 0 unspecified atom stereocenters. The van der Waals surface area contributed by atoms with Gasteiger partial charge in [-0.3, -0.25) is 0 Å². The topological polar surface area (TPSA) is 78.4 Å². The lowest BCUT2D eigenvalue weighted by atomic mass is 9.89. The average Bonchev–Trinajstić information content (AvgIpc) is 2.62. The van der Waals surface area contributed by atoms with E-state index in [4.69, 9.17) is 5.11 Å². The largest absolute Gasteiger partial charge is 0.465 e. The van der Waals surface area contributed by atoms with Gasteiger partial charge >= 0.3 is 12.0 Å². The minimum Gasteiger partial charge on any atom is -0.465 e. The van der Waals surface area contributed by atoms with E-state index in [1.807, 2.05) is 43.4 Å². The molecular weight excluding hydrogens is 526 g/mol. The van der Waals surface area contributed by atoms with Crippen LogP contribution in [0.5, 0.6) is 0 Å². The molecule has 0 bridgehead atoms. The summed E-state index contributed by atoms with van der Waals surface area (Å²) in [6.45, 7) is 5.75. The number of likely N-dealkylation sites (tertiary alicyclic amines) is 1. The van der Waals surface area contributed by atoms with Gasteiger partial charge in [-0.1, -0.05) is 0 Å². The first-order valence-electron chi connectivity index (χ1n) is 9.47. The van der Waals surface area contributed by atoms with E-state index in [-0.39, 0.29) is 28.8 Å². The summed E-state index contributed by atoms with van der Waals surface area (Å²) in [6, 6.07) is 5.76. The average molecular weight is 548 g/mol. The Morgan fingerprint density at radius 1 is 1.10 bits per heavy atom. The van der Waals surface area contributed by atoms with Gasteiger partial charge in [-0.05, 0) is 73.7 Å². The number of carbonyl (C=O) groups excluding carboxylic acids is 1. The highest BCUT2D eigenvalue weighted by Crippen LogP contribution is 2.38. The van der Waals surface area contributed by atoms with E-state index in [2.05, 4.69) is 10.6 Å². The third kappa shape index (κ3) is 4.36. The van der Waals surface area contributed by atoms with Crippen LogP contribution in [-0.4, -0.2) is 46.3 Å². The highest BCUT2D eigenvalue weighted by molar-refractivity contribution is 14.1. The van der Waals surface area contributed by atoms with E-state index >= 15 is 0 Å². The second-order valence-corrected chi connectivity index (χ2v) is 9.73. The second-order valence-electron chi connectivity index (χ2n) is 8.49. The Hall–Kier alpha value is -2.34. The molecular formula is C21H22F3IN3O3+. The molecule has 166 valence electrons. The Bertz CT molecular complexity index is 1050. The molecule has 1 aliphatic rings. The molecule has 2 aromatic rings.